The molecule has 90 valence electrons. The summed E-state index contributed by atoms with van der Waals surface area (Å²) >= 11 is 3.42. The first kappa shape index (κ1) is 15.2. The summed E-state index contributed by atoms with van der Waals surface area (Å²) in [6, 6.07) is 0. The molecule has 0 aromatic rings. The largest absolute Gasteiger partial charge is 0.378 e. The standard InChI is InChI=1S/C13H25BrO/c1-5-13(6-2,15-4)10-7-8-12(3)9-11-14/h9H,5-8,10-11H2,1-4H3. The molecular weight excluding hydrogens is 252 g/mol. The second-order valence-corrected chi connectivity index (χ2v) is 4.80. The molecule has 0 rings (SSSR count). The van der Waals surface area contributed by atoms with Crippen LogP contribution in [-0.2, 0) is 4.74 Å². The van der Waals surface area contributed by atoms with E-state index in [1.807, 2.05) is 7.11 Å². The highest BCUT2D eigenvalue weighted by molar-refractivity contribution is 9.09. The van der Waals surface area contributed by atoms with Crippen molar-refractivity contribution >= 4 is 15.9 Å². The van der Waals surface area contributed by atoms with Crippen molar-refractivity contribution in [3.8, 4) is 0 Å². The van der Waals surface area contributed by atoms with E-state index in [1.165, 1.54) is 24.8 Å². The van der Waals surface area contributed by atoms with Crippen LogP contribution in [0.1, 0.15) is 52.9 Å². The molecule has 0 fully saturated rings. The van der Waals surface area contributed by atoms with Gasteiger partial charge in [0.2, 0.25) is 0 Å². The number of hydrogen-bond donors (Lipinski definition) is 0. The molecule has 0 unspecified atom stereocenters. The Bertz CT molecular complexity index is 175. The Morgan fingerprint density at radius 1 is 1.33 bits per heavy atom. The molecule has 0 saturated carbocycles. The van der Waals surface area contributed by atoms with Gasteiger partial charge in [-0.25, -0.2) is 0 Å². The molecule has 15 heavy (non-hydrogen) atoms. The molecule has 0 bridgehead atoms. The molecular formula is C13H25BrO. The van der Waals surface area contributed by atoms with Gasteiger partial charge in [0, 0.05) is 12.4 Å². The van der Waals surface area contributed by atoms with Gasteiger partial charge in [0.25, 0.3) is 0 Å². The fourth-order valence-corrected chi connectivity index (χ4v) is 2.47. The lowest BCUT2D eigenvalue weighted by Gasteiger charge is -2.30. The minimum Gasteiger partial charge on any atom is -0.378 e. The van der Waals surface area contributed by atoms with Gasteiger partial charge in [-0.2, -0.15) is 0 Å². The molecule has 0 aromatic carbocycles. The van der Waals surface area contributed by atoms with Crippen molar-refractivity contribution in [1.29, 1.82) is 0 Å². The van der Waals surface area contributed by atoms with Crippen molar-refractivity contribution in [2.45, 2.75) is 58.5 Å². The number of alkyl halides is 1. The number of methoxy groups -OCH3 is 1. The van der Waals surface area contributed by atoms with Gasteiger partial charge in [0.1, 0.15) is 0 Å². The van der Waals surface area contributed by atoms with E-state index in [-0.39, 0.29) is 5.60 Å². The van der Waals surface area contributed by atoms with E-state index in [4.69, 9.17) is 4.74 Å². The van der Waals surface area contributed by atoms with Crippen LogP contribution in [0.4, 0.5) is 0 Å². The predicted molar refractivity (Wildman–Crippen MR) is 71.7 cm³/mol. The molecule has 0 saturated heterocycles. The first-order valence-electron chi connectivity index (χ1n) is 5.90. The maximum absolute atomic E-state index is 5.65. The summed E-state index contributed by atoms with van der Waals surface area (Å²) in [6.45, 7) is 6.63. The molecule has 0 aromatic heterocycles. The van der Waals surface area contributed by atoms with E-state index in [0.29, 0.717) is 0 Å². The zero-order valence-corrected chi connectivity index (χ0v) is 12.2. The normalized spacial score (nSPS) is 13.3. The highest BCUT2D eigenvalue weighted by Crippen LogP contribution is 2.26. The molecule has 0 spiro atoms. The summed E-state index contributed by atoms with van der Waals surface area (Å²) in [5, 5.41) is 0.968. The summed E-state index contributed by atoms with van der Waals surface area (Å²) in [5.41, 5.74) is 1.60. The fraction of sp³-hybridized carbons (Fsp3) is 0.846. The van der Waals surface area contributed by atoms with Crippen LogP contribution in [-0.4, -0.2) is 18.0 Å². The predicted octanol–water partition coefficient (Wildman–Crippen LogP) is 4.70. The van der Waals surface area contributed by atoms with Gasteiger partial charge in [-0.05, 0) is 39.0 Å². The number of rotatable bonds is 8. The molecule has 0 N–H and O–H groups in total. The van der Waals surface area contributed by atoms with E-state index < -0.39 is 0 Å². The van der Waals surface area contributed by atoms with Crippen molar-refractivity contribution in [3.05, 3.63) is 11.6 Å². The third-order valence-corrected chi connectivity index (χ3v) is 3.67. The summed E-state index contributed by atoms with van der Waals surface area (Å²) in [7, 11) is 1.84. The van der Waals surface area contributed by atoms with Crippen LogP contribution in [0.5, 0.6) is 0 Å². The van der Waals surface area contributed by atoms with E-state index in [0.717, 1.165) is 18.2 Å². The number of hydrogen-bond acceptors (Lipinski definition) is 1. The molecule has 2 heteroatoms. The first-order valence-corrected chi connectivity index (χ1v) is 7.03. The Hall–Kier alpha value is 0.180. The zero-order valence-electron chi connectivity index (χ0n) is 10.6. The van der Waals surface area contributed by atoms with E-state index in [9.17, 15) is 0 Å². The average molecular weight is 277 g/mol. The monoisotopic (exact) mass is 276 g/mol. The third-order valence-electron chi connectivity index (χ3n) is 3.35. The Labute approximate surface area is 103 Å². The van der Waals surface area contributed by atoms with Gasteiger partial charge in [0.15, 0.2) is 0 Å². The Balaban J connectivity index is 3.96. The maximum atomic E-state index is 5.65. The highest BCUT2D eigenvalue weighted by Gasteiger charge is 2.24. The van der Waals surface area contributed by atoms with Crippen molar-refractivity contribution in [1.82, 2.24) is 0 Å². The number of allylic oxidation sites excluding steroid dienone is 2. The van der Waals surface area contributed by atoms with Crippen LogP contribution in [0.25, 0.3) is 0 Å². The SMILES string of the molecule is CCC(CC)(CCCC(C)=CCBr)OC. The minimum absolute atomic E-state index is 0.120. The van der Waals surface area contributed by atoms with E-state index in [2.05, 4.69) is 42.8 Å². The van der Waals surface area contributed by atoms with Crippen molar-refractivity contribution in [3.63, 3.8) is 0 Å². The molecule has 0 aliphatic heterocycles. The number of ether oxygens (including phenoxy) is 1. The molecule has 0 aliphatic rings. The topological polar surface area (TPSA) is 9.23 Å². The van der Waals surface area contributed by atoms with Crippen LogP contribution in [0.15, 0.2) is 11.6 Å². The smallest absolute Gasteiger partial charge is 0.0673 e. The molecule has 0 amide bonds. The van der Waals surface area contributed by atoms with Crippen LogP contribution in [0.3, 0.4) is 0 Å². The van der Waals surface area contributed by atoms with Gasteiger partial charge in [-0.3, -0.25) is 0 Å². The third kappa shape index (κ3) is 5.72. The Morgan fingerprint density at radius 3 is 2.33 bits per heavy atom. The van der Waals surface area contributed by atoms with Gasteiger partial charge in [-0.15, -0.1) is 0 Å². The quantitative estimate of drug-likeness (QED) is 0.461. The number of halogens is 1. The summed E-state index contributed by atoms with van der Waals surface area (Å²) in [5.74, 6) is 0. The maximum Gasteiger partial charge on any atom is 0.0673 e. The van der Waals surface area contributed by atoms with Crippen molar-refractivity contribution in [2.75, 3.05) is 12.4 Å². The molecule has 0 aliphatic carbocycles. The second-order valence-electron chi connectivity index (χ2n) is 4.15. The zero-order chi connectivity index (χ0) is 11.7. The van der Waals surface area contributed by atoms with Gasteiger partial charge in [-0.1, -0.05) is 41.4 Å². The van der Waals surface area contributed by atoms with Crippen LogP contribution < -0.4 is 0 Å². The van der Waals surface area contributed by atoms with Crippen molar-refractivity contribution < 1.29 is 4.74 Å². The van der Waals surface area contributed by atoms with E-state index in [1.54, 1.807) is 0 Å². The summed E-state index contributed by atoms with van der Waals surface area (Å²) in [4.78, 5) is 0. The minimum atomic E-state index is 0.120. The van der Waals surface area contributed by atoms with Gasteiger partial charge < -0.3 is 4.74 Å². The van der Waals surface area contributed by atoms with Gasteiger partial charge >= 0.3 is 0 Å². The second kappa shape index (κ2) is 8.35. The Kier molecular flexibility index (Phi) is 8.45. The van der Waals surface area contributed by atoms with Crippen LogP contribution >= 0.6 is 15.9 Å². The lowest BCUT2D eigenvalue weighted by atomic mass is 9.90. The highest BCUT2D eigenvalue weighted by atomic mass is 79.9. The lowest BCUT2D eigenvalue weighted by Crippen LogP contribution is -2.29. The van der Waals surface area contributed by atoms with Gasteiger partial charge in [0.05, 0.1) is 5.60 Å². The summed E-state index contributed by atoms with van der Waals surface area (Å²) in [6.07, 6.45) is 8.06. The van der Waals surface area contributed by atoms with Crippen LogP contribution in [0, 0.1) is 0 Å². The van der Waals surface area contributed by atoms with E-state index >= 15 is 0 Å². The Morgan fingerprint density at radius 2 is 1.93 bits per heavy atom. The van der Waals surface area contributed by atoms with Crippen LogP contribution in [0.2, 0.25) is 0 Å². The average Bonchev–Trinajstić information content (AvgIpc) is 2.25. The first-order chi connectivity index (χ1) is 7.14. The lowest BCUT2D eigenvalue weighted by molar-refractivity contribution is -0.0250. The van der Waals surface area contributed by atoms with Crippen molar-refractivity contribution in [2.24, 2.45) is 0 Å². The molecule has 0 heterocycles. The molecule has 0 atom stereocenters. The summed E-state index contributed by atoms with van der Waals surface area (Å²) < 4.78 is 5.65. The molecule has 0 radical (unpaired) electrons. The fourth-order valence-electron chi connectivity index (χ4n) is 1.92. The molecule has 1 nitrogen and oxygen atoms in total.